The molecule has 168 valence electrons. The topological polar surface area (TPSA) is 105 Å². The smallest absolute Gasteiger partial charge is 0.191 e. The summed E-state index contributed by atoms with van der Waals surface area (Å²) in [6, 6.07) is 0.494. The van der Waals surface area contributed by atoms with Crippen LogP contribution in [0.5, 0.6) is 0 Å². The van der Waals surface area contributed by atoms with Gasteiger partial charge in [-0.1, -0.05) is 6.92 Å². The fourth-order valence-electron chi connectivity index (χ4n) is 3.34. The molecule has 2 heterocycles. The fraction of sp³-hybridized carbons (Fsp3) is 0.833. The predicted octanol–water partition coefficient (Wildman–Crippen LogP) is 1.08. The number of nitrogens with one attached hydrogen (secondary N) is 2. The zero-order valence-electron chi connectivity index (χ0n) is 18.2. The van der Waals surface area contributed by atoms with E-state index in [0.29, 0.717) is 25.0 Å². The van der Waals surface area contributed by atoms with E-state index in [0.717, 1.165) is 31.3 Å². The standard InChI is InChI=1S/C18H35N7O2S.HI/c1-6-25-10-7-8-16(25)12-19-18(21-14(2)9-11-28(5,26)27)20-13-17-23-22-15(3)24(17)4;/h14,16H,6-13H2,1-5H3,(H2,19,20,21);1H. The molecular formula is C18H36IN7O2S. The summed E-state index contributed by atoms with van der Waals surface area (Å²) in [6.45, 7) is 9.49. The van der Waals surface area contributed by atoms with Crippen LogP contribution in [0, 0.1) is 6.92 Å². The summed E-state index contributed by atoms with van der Waals surface area (Å²) in [4.78, 5) is 7.14. The summed E-state index contributed by atoms with van der Waals surface area (Å²) in [7, 11) is -1.05. The number of aromatic nitrogens is 3. The minimum Gasteiger partial charge on any atom is -0.355 e. The molecular weight excluding hydrogens is 505 g/mol. The molecule has 1 aromatic rings. The van der Waals surface area contributed by atoms with E-state index in [4.69, 9.17) is 0 Å². The van der Waals surface area contributed by atoms with Gasteiger partial charge in [-0.2, -0.15) is 0 Å². The molecule has 29 heavy (non-hydrogen) atoms. The second-order valence-corrected chi connectivity index (χ2v) is 9.92. The summed E-state index contributed by atoms with van der Waals surface area (Å²) >= 11 is 0. The van der Waals surface area contributed by atoms with E-state index in [9.17, 15) is 8.42 Å². The Bertz CT molecular complexity index is 766. The Balaban J connectivity index is 0.00000420. The number of aliphatic imine (C=N–C) groups is 1. The quantitative estimate of drug-likeness (QED) is 0.274. The van der Waals surface area contributed by atoms with E-state index >= 15 is 0 Å². The van der Waals surface area contributed by atoms with Gasteiger partial charge in [-0.15, -0.1) is 34.2 Å². The first-order chi connectivity index (χ1) is 13.2. The molecule has 1 aliphatic rings. The van der Waals surface area contributed by atoms with Gasteiger partial charge in [0, 0.05) is 31.9 Å². The number of guanidine groups is 1. The number of hydrogen-bond donors (Lipinski definition) is 2. The van der Waals surface area contributed by atoms with Crippen LogP contribution in [0.3, 0.4) is 0 Å². The Morgan fingerprint density at radius 3 is 2.69 bits per heavy atom. The summed E-state index contributed by atoms with van der Waals surface area (Å²) < 4.78 is 24.8. The third-order valence-corrected chi connectivity index (χ3v) is 6.25. The minimum absolute atomic E-state index is 0. The molecule has 0 bridgehead atoms. The molecule has 0 aliphatic carbocycles. The summed E-state index contributed by atoms with van der Waals surface area (Å²) in [5, 5.41) is 15.0. The number of halogens is 1. The van der Waals surface area contributed by atoms with Crippen molar-refractivity contribution in [2.45, 2.75) is 58.7 Å². The Kier molecular flexibility index (Phi) is 10.8. The van der Waals surface area contributed by atoms with Gasteiger partial charge < -0.3 is 15.2 Å². The van der Waals surface area contributed by atoms with Gasteiger partial charge in [-0.05, 0) is 46.2 Å². The van der Waals surface area contributed by atoms with E-state index in [1.807, 2.05) is 25.5 Å². The Labute approximate surface area is 192 Å². The lowest BCUT2D eigenvalue weighted by atomic mass is 10.2. The van der Waals surface area contributed by atoms with Gasteiger partial charge in [-0.3, -0.25) is 4.90 Å². The molecule has 0 radical (unpaired) electrons. The van der Waals surface area contributed by atoms with Crippen LogP contribution < -0.4 is 10.6 Å². The molecule has 2 rings (SSSR count). The van der Waals surface area contributed by atoms with Gasteiger partial charge in [0.25, 0.3) is 0 Å². The molecule has 0 aromatic carbocycles. The lowest BCUT2D eigenvalue weighted by Crippen LogP contribution is -2.47. The number of rotatable bonds is 9. The summed E-state index contributed by atoms with van der Waals surface area (Å²) in [5.74, 6) is 2.48. The van der Waals surface area contributed by atoms with Crippen molar-refractivity contribution in [3.63, 3.8) is 0 Å². The highest BCUT2D eigenvalue weighted by atomic mass is 127. The van der Waals surface area contributed by atoms with Crippen LogP contribution in [0.4, 0.5) is 0 Å². The van der Waals surface area contributed by atoms with Crippen molar-refractivity contribution >= 4 is 39.8 Å². The molecule has 0 saturated carbocycles. The predicted molar refractivity (Wildman–Crippen MR) is 127 cm³/mol. The molecule has 9 nitrogen and oxygen atoms in total. The number of nitrogens with zero attached hydrogens (tertiary/aromatic N) is 5. The Morgan fingerprint density at radius 2 is 2.10 bits per heavy atom. The lowest BCUT2D eigenvalue weighted by molar-refractivity contribution is 0.266. The van der Waals surface area contributed by atoms with Crippen molar-refractivity contribution in [1.29, 1.82) is 0 Å². The van der Waals surface area contributed by atoms with Gasteiger partial charge in [0.1, 0.15) is 22.2 Å². The highest BCUT2D eigenvalue weighted by molar-refractivity contribution is 14.0. The van der Waals surface area contributed by atoms with Crippen LogP contribution in [-0.2, 0) is 23.4 Å². The molecule has 2 N–H and O–H groups in total. The van der Waals surface area contributed by atoms with E-state index in [1.165, 1.54) is 19.1 Å². The van der Waals surface area contributed by atoms with Gasteiger partial charge in [0.05, 0.1) is 5.75 Å². The molecule has 11 heteroatoms. The maximum atomic E-state index is 11.4. The molecule has 1 aromatic heterocycles. The van der Waals surface area contributed by atoms with Crippen LogP contribution >= 0.6 is 24.0 Å². The first-order valence-electron chi connectivity index (χ1n) is 10.0. The van der Waals surface area contributed by atoms with Crippen molar-refractivity contribution in [2.75, 3.05) is 31.6 Å². The van der Waals surface area contributed by atoms with Gasteiger partial charge >= 0.3 is 0 Å². The molecule has 1 saturated heterocycles. The van der Waals surface area contributed by atoms with Crippen molar-refractivity contribution in [2.24, 2.45) is 12.0 Å². The molecule has 2 atom stereocenters. The van der Waals surface area contributed by atoms with Crippen molar-refractivity contribution < 1.29 is 8.42 Å². The van der Waals surface area contributed by atoms with Crippen LogP contribution in [0.25, 0.3) is 0 Å². The molecule has 0 spiro atoms. The number of likely N-dealkylation sites (N-methyl/N-ethyl adjacent to an activating group) is 1. The zero-order chi connectivity index (χ0) is 20.7. The molecule has 1 fully saturated rings. The molecule has 1 aliphatic heterocycles. The third kappa shape index (κ3) is 8.75. The third-order valence-electron chi connectivity index (χ3n) is 5.28. The zero-order valence-corrected chi connectivity index (χ0v) is 21.3. The normalized spacial score (nSPS) is 19.1. The van der Waals surface area contributed by atoms with Crippen molar-refractivity contribution in [3.05, 3.63) is 11.6 Å². The fourth-order valence-corrected chi connectivity index (χ4v) is 4.13. The maximum absolute atomic E-state index is 11.4. The Hall–Kier alpha value is -0.950. The van der Waals surface area contributed by atoms with E-state index in [1.54, 1.807) is 0 Å². The van der Waals surface area contributed by atoms with Gasteiger partial charge in [-0.25, -0.2) is 13.4 Å². The number of hydrogen-bond acceptors (Lipinski definition) is 6. The van der Waals surface area contributed by atoms with E-state index in [2.05, 4.69) is 37.6 Å². The first-order valence-corrected chi connectivity index (χ1v) is 12.1. The van der Waals surface area contributed by atoms with Crippen molar-refractivity contribution in [3.8, 4) is 0 Å². The highest BCUT2D eigenvalue weighted by Gasteiger charge is 2.23. The number of sulfone groups is 1. The first kappa shape index (κ1) is 26.1. The highest BCUT2D eigenvalue weighted by Crippen LogP contribution is 2.15. The minimum atomic E-state index is -2.98. The molecule has 0 amide bonds. The monoisotopic (exact) mass is 541 g/mol. The second kappa shape index (κ2) is 12.0. The van der Waals surface area contributed by atoms with E-state index in [-0.39, 0.29) is 35.8 Å². The summed E-state index contributed by atoms with van der Waals surface area (Å²) in [5.41, 5.74) is 0. The van der Waals surface area contributed by atoms with Crippen LogP contribution in [-0.4, -0.2) is 77.8 Å². The van der Waals surface area contributed by atoms with E-state index < -0.39 is 9.84 Å². The van der Waals surface area contributed by atoms with Crippen LogP contribution in [0.15, 0.2) is 4.99 Å². The van der Waals surface area contributed by atoms with Gasteiger partial charge in [0.15, 0.2) is 11.8 Å². The molecule has 2 unspecified atom stereocenters. The second-order valence-electron chi connectivity index (χ2n) is 7.66. The lowest BCUT2D eigenvalue weighted by Gasteiger charge is -2.25. The van der Waals surface area contributed by atoms with Gasteiger partial charge in [0.2, 0.25) is 0 Å². The largest absolute Gasteiger partial charge is 0.355 e. The average molecular weight is 542 g/mol. The SMILES string of the molecule is CCN1CCCC1CNC(=NCc1nnc(C)n1C)NC(C)CCS(C)(=O)=O.I. The van der Waals surface area contributed by atoms with Crippen LogP contribution in [0.1, 0.15) is 44.8 Å². The number of aryl methyl sites for hydroxylation is 1. The van der Waals surface area contributed by atoms with Crippen LogP contribution in [0.2, 0.25) is 0 Å². The Morgan fingerprint density at radius 1 is 1.38 bits per heavy atom. The maximum Gasteiger partial charge on any atom is 0.191 e. The average Bonchev–Trinajstić information content (AvgIpc) is 3.22. The van der Waals surface area contributed by atoms with Crippen molar-refractivity contribution in [1.82, 2.24) is 30.3 Å². The number of likely N-dealkylation sites (tertiary alicyclic amines) is 1. The summed E-state index contributed by atoms with van der Waals surface area (Å²) in [6.07, 6.45) is 4.21.